The molecule has 0 N–H and O–H groups in total. The molecular formula is C9H11N3. The van der Waals surface area contributed by atoms with Gasteiger partial charge in [-0.1, -0.05) is 0 Å². The van der Waals surface area contributed by atoms with Crippen LogP contribution in [0.1, 0.15) is 36.9 Å². The average Bonchev–Trinajstić information content (AvgIpc) is 2.85. The van der Waals surface area contributed by atoms with Gasteiger partial charge in [0.05, 0.1) is 0 Å². The van der Waals surface area contributed by atoms with Crippen molar-refractivity contribution in [2.24, 2.45) is 0 Å². The number of nitrogens with zero attached hydrogens (tertiary/aromatic N) is 3. The second-order valence-electron chi connectivity index (χ2n) is 3.17. The summed E-state index contributed by atoms with van der Waals surface area (Å²) < 4.78 is 1.84. The summed E-state index contributed by atoms with van der Waals surface area (Å²) in [5, 5.41) is 12.9. The molecule has 1 aliphatic rings. The molecule has 0 aliphatic heterocycles. The monoisotopic (exact) mass is 161 g/mol. The molecule has 0 aromatic carbocycles. The van der Waals surface area contributed by atoms with Crippen molar-refractivity contribution >= 4 is 0 Å². The normalized spacial score (nSPS) is 16.0. The molecule has 1 aromatic rings. The van der Waals surface area contributed by atoms with Gasteiger partial charge in [-0.05, 0) is 25.7 Å². The van der Waals surface area contributed by atoms with Crippen molar-refractivity contribution in [1.29, 1.82) is 5.26 Å². The molecule has 12 heavy (non-hydrogen) atoms. The van der Waals surface area contributed by atoms with Gasteiger partial charge in [-0.25, -0.2) is 0 Å². The molecular weight excluding hydrogens is 150 g/mol. The van der Waals surface area contributed by atoms with E-state index in [4.69, 9.17) is 5.26 Å². The first kappa shape index (κ1) is 7.35. The second-order valence-corrected chi connectivity index (χ2v) is 3.17. The molecule has 1 aromatic heterocycles. The minimum Gasteiger partial charge on any atom is -0.271 e. The molecule has 1 fully saturated rings. The maximum absolute atomic E-state index is 8.78. The maximum Gasteiger partial charge on any atom is 0.165 e. The Labute approximate surface area is 71.6 Å². The highest BCUT2D eigenvalue weighted by Gasteiger charge is 2.28. The fraction of sp³-hybridized carbons (Fsp3) is 0.556. The van der Waals surface area contributed by atoms with Crippen molar-refractivity contribution in [2.45, 2.75) is 32.2 Å². The van der Waals surface area contributed by atoms with Crippen LogP contribution in [0.2, 0.25) is 0 Å². The first-order valence-corrected chi connectivity index (χ1v) is 4.32. The molecule has 1 heterocycles. The number of hydrogen-bond acceptors (Lipinski definition) is 2. The molecule has 0 unspecified atom stereocenters. The third-order valence-electron chi connectivity index (χ3n) is 2.24. The van der Waals surface area contributed by atoms with Crippen LogP contribution in [-0.4, -0.2) is 9.78 Å². The summed E-state index contributed by atoms with van der Waals surface area (Å²) in [6, 6.07) is 2.14. The van der Waals surface area contributed by atoms with Crippen LogP contribution in [0.25, 0.3) is 0 Å². The SMILES string of the molecule is CCn1cc(C2CC2)c(C#N)n1. The smallest absolute Gasteiger partial charge is 0.165 e. The Kier molecular flexibility index (Phi) is 1.61. The molecule has 3 heteroatoms. The number of hydrogen-bond donors (Lipinski definition) is 0. The van der Waals surface area contributed by atoms with E-state index in [1.54, 1.807) is 0 Å². The van der Waals surface area contributed by atoms with E-state index in [9.17, 15) is 0 Å². The van der Waals surface area contributed by atoms with E-state index in [0.717, 1.165) is 12.1 Å². The molecule has 2 rings (SSSR count). The maximum atomic E-state index is 8.78. The van der Waals surface area contributed by atoms with E-state index in [-0.39, 0.29) is 0 Å². The number of rotatable bonds is 2. The molecule has 0 atom stereocenters. The lowest BCUT2D eigenvalue weighted by Gasteiger charge is -1.89. The summed E-state index contributed by atoms with van der Waals surface area (Å²) in [4.78, 5) is 0. The fourth-order valence-electron chi connectivity index (χ4n) is 1.38. The van der Waals surface area contributed by atoms with Crippen molar-refractivity contribution in [2.75, 3.05) is 0 Å². The van der Waals surface area contributed by atoms with Gasteiger partial charge in [0.15, 0.2) is 5.69 Å². The molecule has 0 bridgehead atoms. The summed E-state index contributed by atoms with van der Waals surface area (Å²) in [6.07, 6.45) is 4.46. The number of aryl methyl sites for hydroxylation is 1. The van der Waals surface area contributed by atoms with Crippen LogP contribution in [0, 0.1) is 11.3 Å². The van der Waals surface area contributed by atoms with Gasteiger partial charge in [-0.3, -0.25) is 4.68 Å². The predicted octanol–water partition coefficient (Wildman–Crippen LogP) is 1.65. The van der Waals surface area contributed by atoms with Crippen LogP contribution in [0.5, 0.6) is 0 Å². The van der Waals surface area contributed by atoms with E-state index in [0.29, 0.717) is 11.6 Å². The van der Waals surface area contributed by atoms with E-state index in [2.05, 4.69) is 11.2 Å². The number of aromatic nitrogens is 2. The van der Waals surface area contributed by atoms with Crippen molar-refractivity contribution in [3.63, 3.8) is 0 Å². The van der Waals surface area contributed by atoms with Gasteiger partial charge >= 0.3 is 0 Å². The summed E-state index contributed by atoms with van der Waals surface area (Å²) >= 11 is 0. The van der Waals surface area contributed by atoms with Crippen molar-refractivity contribution in [3.8, 4) is 6.07 Å². The zero-order chi connectivity index (χ0) is 8.55. The summed E-state index contributed by atoms with van der Waals surface area (Å²) in [5.41, 5.74) is 1.78. The quantitative estimate of drug-likeness (QED) is 0.661. The Morgan fingerprint density at radius 3 is 3.00 bits per heavy atom. The molecule has 0 amide bonds. The van der Waals surface area contributed by atoms with E-state index in [1.165, 1.54) is 12.8 Å². The topological polar surface area (TPSA) is 41.6 Å². The van der Waals surface area contributed by atoms with Gasteiger partial charge in [0, 0.05) is 18.3 Å². The lowest BCUT2D eigenvalue weighted by atomic mass is 10.2. The lowest BCUT2D eigenvalue weighted by Crippen LogP contribution is -1.93. The molecule has 1 aliphatic carbocycles. The summed E-state index contributed by atoms with van der Waals surface area (Å²) in [7, 11) is 0. The van der Waals surface area contributed by atoms with Crippen LogP contribution in [-0.2, 0) is 6.54 Å². The largest absolute Gasteiger partial charge is 0.271 e. The zero-order valence-electron chi connectivity index (χ0n) is 7.12. The van der Waals surface area contributed by atoms with E-state index in [1.807, 2.05) is 17.8 Å². The molecule has 0 saturated heterocycles. The first-order valence-electron chi connectivity index (χ1n) is 4.32. The van der Waals surface area contributed by atoms with Gasteiger partial charge in [-0.2, -0.15) is 10.4 Å². The molecule has 1 saturated carbocycles. The van der Waals surface area contributed by atoms with E-state index < -0.39 is 0 Å². The third kappa shape index (κ3) is 1.10. The third-order valence-corrected chi connectivity index (χ3v) is 2.24. The van der Waals surface area contributed by atoms with Gasteiger partial charge in [0.1, 0.15) is 6.07 Å². The van der Waals surface area contributed by atoms with Crippen LogP contribution in [0.3, 0.4) is 0 Å². The minimum atomic E-state index is 0.624. The van der Waals surface area contributed by atoms with Crippen molar-refractivity contribution in [3.05, 3.63) is 17.5 Å². The predicted molar refractivity (Wildman–Crippen MR) is 44.6 cm³/mol. The van der Waals surface area contributed by atoms with Crippen molar-refractivity contribution in [1.82, 2.24) is 9.78 Å². The Hall–Kier alpha value is -1.30. The highest BCUT2D eigenvalue weighted by Crippen LogP contribution is 2.41. The Morgan fingerprint density at radius 2 is 2.50 bits per heavy atom. The van der Waals surface area contributed by atoms with Crippen LogP contribution < -0.4 is 0 Å². The lowest BCUT2D eigenvalue weighted by molar-refractivity contribution is 0.656. The fourth-order valence-corrected chi connectivity index (χ4v) is 1.38. The summed E-state index contributed by atoms with van der Waals surface area (Å²) in [6.45, 7) is 2.88. The van der Waals surface area contributed by atoms with Gasteiger partial charge < -0.3 is 0 Å². The first-order chi connectivity index (χ1) is 5.85. The van der Waals surface area contributed by atoms with Crippen LogP contribution >= 0.6 is 0 Å². The second kappa shape index (κ2) is 2.63. The van der Waals surface area contributed by atoms with Gasteiger partial charge in [-0.15, -0.1) is 0 Å². The minimum absolute atomic E-state index is 0.624. The Morgan fingerprint density at radius 1 is 1.75 bits per heavy atom. The average molecular weight is 161 g/mol. The van der Waals surface area contributed by atoms with Gasteiger partial charge in [0.25, 0.3) is 0 Å². The van der Waals surface area contributed by atoms with Gasteiger partial charge in [0.2, 0.25) is 0 Å². The molecule has 0 radical (unpaired) electrons. The molecule has 3 nitrogen and oxygen atoms in total. The number of nitriles is 1. The van der Waals surface area contributed by atoms with E-state index >= 15 is 0 Å². The molecule has 0 spiro atoms. The highest BCUT2D eigenvalue weighted by atomic mass is 15.3. The standard InChI is InChI=1S/C9H11N3/c1-2-12-6-8(7-3-4-7)9(5-10)11-12/h6-7H,2-4H2,1H3. The Balaban J connectivity index is 2.38. The van der Waals surface area contributed by atoms with Crippen molar-refractivity contribution < 1.29 is 0 Å². The van der Waals surface area contributed by atoms with Crippen LogP contribution in [0.4, 0.5) is 0 Å². The molecule has 62 valence electrons. The zero-order valence-corrected chi connectivity index (χ0v) is 7.12. The van der Waals surface area contributed by atoms with Crippen LogP contribution in [0.15, 0.2) is 6.20 Å². The summed E-state index contributed by atoms with van der Waals surface area (Å²) in [5.74, 6) is 0.625. The highest BCUT2D eigenvalue weighted by molar-refractivity contribution is 5.34. The Bertz CT molecular complexity index is 328.